The van der Waals surface area contributed by atoms with Crippen molar-refractivity contribution >= 4 is 56.2 Å². The Kier molecular flexibility index (Phi) is 6.20. The van der Waals surface area contributed by atoms with Crippen LogP contribution in [0.2, 0.25) is 5.02 Å². The number of thiazole rings is 1. The van der Waals surface area contributed by atoms with Crippen LogP contribution in [-0.2, 0) is 13.0 Å². The molecule has 1 aliphatic carbocycles. The van der Waals surface area contributed by atoms with E-state index in [0.29, 0.717) is 14.9 Å². The van der Waals surface area contributed by atoms with Gasteiger partial charge in [0, 0.05) is 46.2 Å². The normalized spacial score (nSPS) is 21.3. The number of carbonyl (C=O) groups excluding carboxylic acids is 2. The van der Waals surface area contributed by atoms with Crippen molar-refractivity contribution in [3.05, 3.63) is 49.7 Å². The predicted octanol–water partition coefficient (Wildman–Crippen LogP) is 4.47. The number of rotatable bonds is 4. The van der Waals surface area contributed by atoms with Gasteiger partial charge < -0.3 is 15.5 Å². The molecule has 9 heteroatoms. The Labute approximate surface area is 200 Å². The van der Waals surface area contributed by atoms with Crippen molar-refractivity contribution in [2.24, 2.45) is 0 Å². The molecule has 2 aromatic heterocycles. The number of nitrogens with one attached hydrogen (secondary N) is 2. The first-order valence-corrected chi connectivity index (χ1v) is 13.0. The van der Waals surface area contributed by atoms with Crippen molar-refractivity contribution in [3.8, 4) is 0 Å². The van der Waals surface area contributed by atoms with Gasteiger partial charge in [-0.1, -0.05) is 30.5 Å². The SMILES string of the molecule is CN1CCc2nc(C(=O)N[C@@H]3CCCC[C@H]3NC(=O)c3cc4ccc(Cl)cc4s3)sc2C1. The van der Waals surface area contributed by atoms with Crippen LogP contribution in [0.3, 0.4) is 0 Å². The lowest BCUT2D eigenvalue weighted by Crippen LogP contribution is -2.53. The van der Waals surface area contributed by atoms with E-state index in [-0.39, 0.29) is 23.9 Å². The molecule has 1 fully saturated rings. The summed E-state index contributed by atoms with van der Waals surface area (Å²) in [6, 6.07) is 7.37. The van der Waals surface area contributed by atoms with E-state index in [1.807, 2.05) is 24.3 Å². The molecule has 2 atom stereocenters. The molecule has 168 valence electrons. The van der Waals surface area contributed by atoms with Gasteiger partial charge in [-0.05, 0) is 43.5 Å². The molecule has 0 spiro atoms. The van der Waals surface area contributed by atoms with E-state index in [2.05, 4.69) is 27.6 Å². The summed E-state index contributed by atoms with van der Waals surface area (Å²) in [4.78, 5) is 34.6. The number of fused-ring (bicyclic) bond motifs is 2. The Balaban J connectivity index is 1.27. The van der Waals surface area contributed by atoms with Crippen LogP contribution < -0.4 is 10.6 Å². The average Bonchev–Trinajstić information content (AvgIpc) is 3.38. The third-order valence-electron chi connectivity index (χ3n) is 6.22. The Hall–Kier alpha value is -2.00. The summed E-state index contributed by atoms with van der Waals surface area (Å²) >= 11 is 9.01. The van der Waals surface area contributed by atoms with Crippen molar-refractivity contribution in [3.63, 3.8) is 0 Å². The molecule has 3 aromatic rings. The summed E-state index contributed by atoms with van der Waals surface area (Å²) in [6.45, 7) is 1.82. The second-order valence-electron chi connectivity index (χ2n) is 8.61. The number of hydrogen-bond donors (Lipinski definition) is 2. The number of aromatic nitrogens is 1. The van der Waals surface area contributed by atoms with Gasteiger partial charge in [-0.25, -0.2) is 4.98 Å². The minimum atomic E-state index is -0.130. The van der Waals surface area contributed by atoms with E-state index < -0.39 is 0 Å². The van der Waals surface area contributed by atoms with Gasteiger partial charge in [0.25, 0.3) is 11.8 Å². The molecule has 0 radical (unpaired) electrons. The Bertz CT molecular complexity index is 1170. The summed E-state index contributed by atoms with van der Waals surface area (Å²) in [5.74, 6) is -0.226. The third kappa shape index (κ3) is 4.55. The zero-order valence-electron chi connectivity index (χ0n) is 17.8. The molecule has 0 saturated heterocycles. The fourth-order valence-electron chi connectivity index (χ4n) is 4.48. The topological polar surface area (TPSA) is 74.3 Å². The first-order valence-electron chi connectivity index (χ1n) is 10.9. The molecule has 0 unspecified atom stereocenters. The van der Waals surface area contributed by atoms with Gasteiger partial charge >= 0.3 is 0 Å². The molecule has 1 aliphatic heterocycles. The molecule has 0 bridgehead atoms. The molecule has 32 heavy (non-hydrogen) atoms. The first-order chi connectivity index (χ1) is 15.5. The summed E-state index contributed by atoms with van der Waals surface area (Å²) in [5.41, 5.74) is 1.05. The molecule has 2 amide bonds. The lowest BCUT2D eigenvalue weighted by atomic mass is 9.90. The van der Waals surface area contributed by atoms with E-state index in [1.54, 1.807) is 0 Å². The number of benzene rings is 1. The molecule has 1 aromatic carbocycles. The lowest BCUT2D eigenvalue weighted by molar-refractivity contribution is 0.0864. The van der Waals surface area contributed by atoms with Gasteiger partial charge in [0.1, 0.15) is 0 Å². The van der Waals surface area contributed by atoms with E-state index >= 15 is 0 Å². The molecule has 3 heterocycles. The van der Waals surface area contributed by atoms with Gasteiger partial charge in [0.15, 0.2) is 5.01 Å². The number of carbonyl (C=O) groups is 2. The highest BCUT2D eigenvalue weighted by molar-refractivity contribution is 7.20. The summed E-state index contributed by atoms with van der Waals surface area (Å²) < 4.78 is 0.995. The second-order valence-corrected chi connectivity index (χ2v) is 11.2. The number of hydrogen-bond acceptors (Lipinski definition) is 6. The van der Waals surface area contributed by atoms with Crippen LogP contribution in [-0.4, -0.2) is 47.4 Å². The molecule has 1 saturated carbocycles. The van der Waals surface area contributed by atoms with E-state index in [4.69, 9.17) is 11.6 Å². The maximum atomic E-state index is 13.0. The molecule has 6 nitrogen and oxygen atoms in total. The van der Waals surface area contributed by atoms with Crippen LogP contribution in [0.4, 0.5) is 0 Å². The highest BCUT2D eigenvalue weighted by Gasteiger charge is 2.30. The van der Waals surface area contributed by atoms with Crippen molar-refractivity contribution < 1.29 is 9.59 Å². The number of thiophene rings is 1. The van der Waals surface area contributed by atoms with Gasteiger partial charge in [-0.2, -0.15) is 0 Å². The Morgan fingerprint density at radius 1 is 1.09 bits per heavy atom. The fourth-order valence-corrected chi connectivity index (χ4v) is 6.82. The molecular formula is C23H25ClN4O2S2. The highest BCUT2D eigenvalue weighted by Crippen LogP contribution is 2.29. The summed E-state index contributed by atoms with van der Waals surface area (Å²) in [6.07, 6.45) is 4.67. The van der Waals surface area contributed by atoms with Crippen molar-refractivity contribution in [2.75, 3.05) is 13.6 Å². The number of halogens is 1. The average molecular weight is 489 g/mol. The van der Waals surface area contributed by atoms with Crippen LogP contribution >= 0.6 is 34.3 Å². The van der Waals surface area contributed by atoms with Crippen molar-refractivity contribution in [1.29, 1.82) is 0 Å². The number of likely N-dealkylation sites (N-methyl/N-ethyl adjacent to an activating group) is 1. The maximum absolute atomic E-state index is 13.0. The Morgan fingerprint density at radius 3 is 2.62 bits per heavy atom. The highest BCUT2D eigenvalue weighted by atomic mass is 35.5. The number of nitrogens with zero attached hydrogens (tertiary/aromatic N) is 2. The van der Waals surface area contributed by atoms with E-state index in [1.165, 1.54) is 27.6 Å². The fraction of sp³-hybridized carbons (Fsp3) is 0.435. The molecule has 2 aliphatic rings. The smallest absolute Gasteiger partial charge is 0.280 e. The maximum Gasteiger partial charge on any atom is 0.280 e. The van der Waals surface area contributed by atoms with Gasteiger partial charge in [-0.15, -0.1) is 22.7 Å². The zero-order chi connectivity index (χ0) is 22.2. The van der Waals surface area contributed by atoms with Gasteiger partial charge in [0.05, 0.1) is 10.6 Å². The van der Waals surface area contributed by atoms with Crippen molar-refractivity contribution in [2.45, 2.75) is 50.7 Å². The third-order valence-corrected chi connectivity index (χ3v) is 8.63. The van der Waals surface area contributed by atoms with Gasteiger partial charge in [-0.3, -0.25) is 9.59 Å². The Morgan fingerprint density at radius 2 is 1.84 bits per heavy atom. The molecule has 2 N–H and O–H groups in total. The predicted molar refractivity (Wildman–Crippen MR) is 130 cm³/mol. The quantitative estimate of drug-likeness (QED) is 0.568. The number of amides is 2. The minimum absolute atomic E-state index is 0.0882. The van der Waals surface area contributed by atoms with E-state index in [9.17, 15) is 9.59 Å². The van der Waals surface area contributed by atoms with Crippen LogP contribution in [0.1, 0.15) is 55.7 Å². The first kappa shape index (κ1) is 21.8. The lowest BCUT2D eigenvalue weighted by Gasteiger charge is -2.32. The van der Waals surface area contributed by atoms with Crippen LogP contribution in [0, 0.1) is 0 Å². The van der Waals surface area contributed by atoms with Crippen LogP contribution in [0.15, 0.2) is 24.3 Å². The van der Waals surface area contributed by atoms with Crippen LogP contribution in [0.5, 0.6) is 0 Å². The van der Waals surface area contributed by atoms with Gasteiger partial charge in [0.2, 0.25) is 0 Å². The van der Waals surface area contributed by atoms with E-state index in [0.717, 1.165) is 61.0 Å². The zero-order valence-corrected chi connectivity index (χ0v) is 20.2. The largest absolute Gasteiger partial charge is 0.347 e. The monoisotopic (exact) mass is 488 g/mol. The standard InChI is InChI=1S/C23H25ClN4O2S2/c1-28-9-8-17-20(12-28)32-23(27-17)22(30)26-16-5-3-2-4-15(16)25-21(29)19-10-13-6-7-14(24)11-18(13)31-19/h6-7,10-11,15-16H,2-5,8-9,12H2,1H3,(H,25,29)(H,26,30)/t15-,16-/m1/s1. The second kappa shape index (κ2) is 9.09. The molecular weight excluding hydrogens is 464 g/mol. The summed E-state index contributed by atoms with van der Waals surface area (Å²) in [5, 5.41) is 8.54. The minimum Gasteiger partial charge on any atom is -0.347 e. The summed E-state index contributed by atoms with van der Waals surface area (Å²) in [7, 11) is 2.09. The van der Waals surface area contributed by atoms with Crippen molar-refractivity contribution in [1.82, 2.24) is 20.5 Å². The van der Waals surface area contributed by atoms with Crippen LogP contribution in [0.25, 0.3) is 10.1 Å². The molecule has 5 rings (SSSR count).